The van der Waals surface area contributed by atoms with E-state index in [1.807, 2.05) is 0 Å². The standard InChI is InChI=1S/C18H17FN4O3/c1-23-6-5-11(22-23)10-26-17-9-21-16(18(20)24)8-14(17)13-4-3-12(25-2)7-15(13)19/h3-9H,10H2,1-2H3,(H2,20,24). The molecular weight excluding hydrogens is 339 g/mol. The molecule has 0 saturated heterocycles. The number of methoxy groups -OCH3 is 1. The average Bonchev–Trinajstić information content (AvgIpc) is 3.05. The first-order valence-corrected chi connectivity index (χ1v) is 7.73. The van der Waals surface area contributed by atoms with E-state index in [-0.39, 0.29) is 17.9 Å². The molecule has 1 aromatic carbocycles. The van der Waals surface area contributed by atoms with Crippen molar-refractivity contribution in [2.24, 2.45) is 12.8 Å². The number of ether oxygens (including phenoxy) is 2. The molecule has 3 rings (SSSR count). The second-order valence-electron chi connectivity index (χ2n) is 5.55. The summed E-state index contributed by atoms with van der Waals surface area (Å²) in [5.74, 6) is -0.541. The molecule has 2 N–H and O–H groups in total. The molecule has 1 amide bonds. The quantitative estimate of drug-likeness (QED) is 0.732. The highest BCUT2D eigenvalue weighted by Crippen LogP contribution is 2.34. The lowest BCUT2D eigenvalue weighted by Crippen LogP contribution is -2.13. The number of aromatic nitrogens is 3. The molecule has 0 radical (unpaired) electrons. The number of pyridine rings is 1. The topological polar surface area (TPSA) is 92.3 Å². The number of halogens is 1. The molecule has 0 atom stereocenters. The minimum absolute atomic E-state index is 0.0143. The number of rotatable bonds is 6. The molecule has 0 spiro atoms. The van der Waals surface area contributed by atoms with Crippen LogP contribution in [0.3, 0.4) is 0 Å². The zero-order chi connectivity index (χ0) is 18.7. The Bertz CT molecular complexity index is 955. The summed E-state index contributed by atoms with van der Waals surface area (Å²) in [6, 6.07) is 7.62. The van der Waals surface area contributed by atoms with Gasteiger partial charge in [0.2, 0.25) is 0 Å². The Morgan fingerprint density at radius 3 is 2.69 bits per heavy atom. The van der Waals surface area contributed by atoms with Gasteiger partial charge in [-0.1, -0.05) is 0 Å². The lowest BCUT2D eigenvalue weighted by atomic mass is 10.0. The van der Waals surface area contributed by atoms with Crippen LogP contribution in [-0.2, 0) is 13.7 Å². The summed E-state index contributed by atoms with van der Waals surface area (Å²) in [4.78, 5) is 15.4. The Kier molecular flexibility index (Phi) is 4.83. The lowest BCUT2D eigenvalue weighted by Gasteiger charge is -2.13. The molecule has 0 fully saturated rings. The number of nitrogens with zero attached hydrogens (tertiary/aromatic N) is 3. The van der Waals surface area contributed by atoms with Gasteiger partial charge in [0.1, 0.15) is 29.6 Å². The van der Waals surface area contributed by atoms with Crippen LogP contribution in [0, 0.1) is 5.82 Å². The van der Waals surface area contributed by atoms with Gasteiger partial charge in [0.05, 0.1) is 19.0 Å². The number of hydrogen-bond acceptors (Lipinski definition) is 5. The highest BCUT2D eigenvalue weighted by Gasteiger charge is 2.16. The minimum Gasteiger partial charge on any atom is -0.497 e. The van der Waals surface area contributed by atoms with Crippen molar-refractivity contribution in [2.75, 3.05) is 7.11 Å². The van der Waals surface area contributed by atoms with E-state index < -0.39 is 11.7 Å². The van der Waals surface area contributed by atoms with E-state index in [1.165, 1.54) is 25.4 Å². The monoisotopic (exact) mass is 356 g/mol. The number of nitrogens with two attached hydrogens (primary N) is 1. The molecule has 0 bridgehead atoms. The second kappa shape index (κ2) is 7.22. The van der Waals surface area contributed by atoms with Gasteiger partial charge in [-0.15, -0.1) is 0 Å². The third-order valence-electron chi connectivity index (χ3n) is 3.73. The molecule has 26 heavy (non-hydrogen) atoms. The van der Waals surface area contributed by atoms with Gasteiger partial charge in [-0.3, -0.25) is 9.48 Å². The van der Waals surface area contributed by atoms with Crippen LogP contribution in [0.25, 0.3) is 11.1 Å². The largest absolute Gasteiger partial charge is 0.497 e. The summed E-state index contributed by atoms with van der Waals surface area (Å²) in [6.07, 6.45) is 3.14. The van der Waals surface area contributed by atoms with Gasteiger partial charge < -0.3 is 15.2 Å². The second-order valence-corrected chi connectivity index (χ2v) is 5.55. The molecule has 0 saturated carbocycles. The number of carbonyl (C=O) groups is 1. The van der Waals surface area contributed by atoms with Gasteiger partial charge in [-0.2, -0.15) is 5.10 Å². The molecule has 8 heteroatoms. The van der Waals surface area contributed by atoms with E-state index in [4.69, 9.17) is 15.2 Å². The van der Waals surface area contributed by atoms with Crippen LogP contribution in [0.4, 0.5) is 4.39 Å². The molecule has 0 aliphatic rings. The zero-order valence-electron chi connectivity index (χ0n) is 14.3. The minimum atomic E-state index is -0.712. The maximum Gasteiger partial charge on any atom is 0.267 e. The first-order valence-electron chi connectivity index (χ1n) is 7.73. The molecule has 2 aromatic heterocycles. The molecule has 0 aliphatic heterocycles. The van der Waals surface area contributed by atoms with Gasteiger partial charge in [0.15, 0.2) is 0 Å². The normalized spacial score (nSPS) is 10.6. The predicted molar refractivity (Wildman–Crippen MR) is 92.2 cm³/mol. The zero-order valence-corrected chi connectivity index (χ0v) is 14.3. The summed E-state index contributed by atoms with van der Waals surface area (Å²) >= 11 is 0. The molecule has 7 nitrogen and oxygen atoms in total. The Morgan fingerprint density at radius 1 is 1.27 bits per heavy atom. The number of benzene rings is 1. The van der Waals surface area contributed by atoms with Crippen molar-refractivity contribution in [3.8, 4) is 22.6 Å². The van der Waals surface area contributed by atoms with Gasteiger partial charge >= 0.3 is 0 Å². The Labute approximate surface area is 149 Å². The van der Waals surface area contributed by atoms with E-state index in [1.54, 1.807) is 36.1 Å². The van der Waals surface area contributed by atoms with Crippen LogP contribution in [-0.4, -0.2) is 27.8 Å². The molecule has 134 valence electrons. The third kappa shape index (κ3) is 3.64. The fourth-order valence-electron chi connectivity index (χ4n) is 2.44. The van der Waals surface area contributed by atoms with Gasteiger partial charge in [0, 0.05) is 30.4 Å². The summed E-state index contributed by atoms with van der Waals surface area (Å²) in [5.41, 5.74) is 6.62. The van der Waals surface area contributed by atoms with Crippen molar-refractivity contribution in [1.82, 2.24) is 14.8 Å². The Hall–Kier alpha value is -3.42. The predicted octanol–water partition coefficient (Wildman–Crippen LogP) is 2.31. The van der Waals surface area contributed by atoms with E-state index in [0.29, 0.717) is 22.8 Å². The number of carbonyl (C=O) groups excluding carboxylic acids is 1. The first-order chi connectivity index (χ1) is 12.5. The summed E-state index contributed by atoms with van der Waals surface area (Å²) in [6.45, 7) is 0.170. The molecule has 3 aromatic rings. The highest BCUT2D eigenvalue weighted by atomic mass is 19.1. The van der Waals surface area contributed by atoms with Crippen LogP contribution in [0.2, 0.25) is 0 Å². The fraction of sp³-hybridized carbons (Fsp3) is 0.167. The van der Waals surface area contributed by atoms with Gasteiger partial charge in [-0.25, -0.2) is 9.37 Å². The Morgan fingerprint density at radius 2 is 2.08 bits per heavy atom. The van der Waals surface area contributed by atoms with Crippen LogP contribution in [0.5, 0.6) is 11.5 Å². The molecule has 0 aliphatic carbocycles. The van der Waals surface area contributed by atoms with Crippen LogP contribution in [0.1, 0.15) is 16.2 Å². The van der Waals surface area contributed by atoms with Gasteiger partial charge in [0.25, 0.3) is 5.91 Å². The maximum absolute atomic E-state index is 14.5. The van der Waals surface area contributed by atoms with Gasteiger partial charge in [-0.05, 0) is 24.3 Å². The van der Waals surface area contributed by atoms with Crippen LogP contribution >= 0.6 is 0 Å². The van der Waals surface area contributed by atoms with Crippen LogP contribution in [0.15, 0.2) is 42.7 Å². The molecular formula is C18H17FN4O3. The van der Waals surface area contributed by atoms with E-state index in [9.17, 15) is 9.18 Å². The van der Waals surface area contributed by atoms with E-state index >= 15 is 0 Å². The molecule has 2 heterocycles. The third-order valence-corrected chi connectivity index (χ3v) is 3.73. The number of aryl methyl sites for hydroxylation is 1. The van der Waals surface area contributed by atoms with E-state index in [0.717, 1.165) is 0 Å². The maximum atomic E-state index is 14.5. The molecule has 0 unspecified atom stereocenters. The first kappa shape index (κ1) is 17.4. The highest BCUT2D eigenvalue weighted by molar-refractivity contribution is 5.92. The smallest absolute Gasteiger partial charge is 0.267 e. The van der Waals surface area contributed by atoms with Crippen molar-refractivity contribution in [1.29, 1.82) is 0 Å². The summed E-state index contributed by atoms with van der Waals surface area (Å²) in [5, 5.41) is 4.22. The number of amides is 1. The van der Waals surface area contributed by atoms with Crippen molar-refractivity contribution in [2.45, 2.75) is 6.61 Å². The van der Waals surface area contributed by atoms with E-state index in [2.05, 4.69) is 10.1 Å². The fourth-order valence-corrected chi connectivity index (χ4v) is 2.44. The van der Waals surface area contributed by atoms with Crippen molar-refractivity contribution in [3.05, 3.63) is 59.9 Å². The van der Waals surface area contributed by atoms with Crippen molar-refractivity contribution < 1.29 is 18.7 Å². The number of primary amides is 1. The lowest BCUT2D eigenvalue weighted by molar-refractivity contribution is 0.0995. The van der Waals surface area contributed by atoms with Crippen LogP contribution < -0.4 is 15.2 Å². The average molecular weight is 356 g/mol. The van der Waals surface area contributed by atoms with Crippen molar-refractivity contribution in [3.63, 3.8) is 0 Å². The summed E-state index contributed by atoms with van der Waals surface area (Å²) < 4.78 is 26.9. The number of hydrogen-bond donors (Lipinski definition) is 1. The summed E-state index contributed by atoms with van der Waals surface area (Å²) in [7, 11) is 3.25. The SMILES string of the molecule is COc1ccc(-c2cc(C(N)=O)ncc2OCc2ccn(C)n2)c(F)c1. The Balaban J connectivity index is 2.00. The van der Waals surface area contributed by atoms with Crippen molar-refractivity contribution >= 4 is 5.91 Å².